The van der Waals surface area contributed by atoms with Crippen molar-refractivity contribution < 1.29 is 16.8 Å². The highest BCUT2D eigenvalue weighted by Gasteiger charge is 2.38. The monoisotopic (exact) mass is 458 g/mol. The second-order valence-electron chi connectivity index (χ2n) is 7.17. The van der Waals surface area contributed by atoms with Crippen LogP contribution in [0.4, 0.5) is 0 Å². The summed E-state index contributed by atoms with van der Waals surface area (Å²) in [6, 6.07) is 3.51. The van der Waals surface area contributed by atoms with Crippen molar-refractivity contribution in [3.8, 4) is 5.82 Å². The molecule has 0 aliphatic heterocycles. The van der Waals surface area contributed by atoms with Gasteiger partial charge in [0.1, 0.15) is 17.2 Å². The van der Waals surface area contributed by atoms with Gasteiger partial charge in [-0.15, -0.1) is 0 Å². The smallest absolute Gasteiger partial charge is 0.233 e. The molecule has 4 rings (SSSR count). The zero-order valence-electron chi connectivity index (χ0n) is 15.4. The maximum atomic E-state index is 12.3. The van der Waals surface area contributed by atoms with Gasteiger partial charge in [-0.25, -0.2) is 36.8 Å². The highest BCUT2D eigenvalue weighted by molar-refractivity contribution is 7.92. The van der Waals surface area contributed by atoms with E-state index in [0.29, 0.717) is 22.2 Å². The van der Waals surface area contributed by atoms with Gasteiger partial charge in [0.05, 0.1) is 10.7 Å². The van der Waals surface area contributed by atoms with Crippen molar-refractivity contribution in [1.82, 2.24) is 19.3 Å². The van der Waals surface area contributed by atoms with Crippen molar-refractivity contribution in [1.29, 1.82) is 0 Å². The molecule has 0 spiro atoms. The van der Waals surface area contributed by atoms with Gasteiger partial charge in [0.15, 0.2) is 5.37 Å². The number of primary sulfonamides is 2. The van der Waals surface area contributed by atoms with E-state index in [9.17, 15) is 16.8 Å². The van der Waals surface area contributed by atoms with Gasteiger partial charge in [-0.05, 0) is 37.8 Å². The Hall–Kier alpha value is -1.99. The van der Waals surface area contributed by atoms with Gasteiger partial charge < -0.3 is 0 Å². The Bertz CT molecular complexity index is 1320. The van der Waals surface area contributed by atoms with Crippen molar-refractivity contribution in [3.05, 3.63) is 40.8 Å². The lowest BCUT2D eigenvalue weighted by Crippen LogP contribution is -2.36. The van der Waals surface area contributed by atoms with Crippen LogP contribution in [-0.4, -0.2) is 41.9 Å². The second kappa shape index (κ2) is 6.77. The molecule has 0 radical (unpaired) electrons. The Labute approximate surface area is 172 Å². The minimum atomic E-state index is -4.35. The summed E-state index contributed by atoms with van der Waals surface area (Å²) in [7, 11) is -8.51. The first kappa shape index (κ1) is 20.3. The SMILES string of the molecule is Cc1nn([C@H](CS(N)(=O)=O)S(N)(=O)=O)c(-n2ccc3cc(Cl)cnc32)c1C1CC1. The topological polar surface area (TPSA) is 156 Å². The summed E-state index contributed by atoms with van der Waals surface area (Å²) in [5, 5.41) is 14.4. The molecule has 3 aromatic rings. The molecule has 0 aromatic carbocycles. The Morgan fingerprint density at radius 2 is 1.97 bits per heavy atom. The molecule has 13 heteroatoms. The Balaban J connectivity index is 2.02. The van der Waals surface area contributed by atoms with Crippen LogP contribution in [0, 0.1) is 6.92 Å². The summed E-state index contributed by atoms with van der Waals surface area (Å²) in [6.45, 7) is 1.75. The van der Waals surface area contributed by atoms with E-state index in [2.05, 4.69) is 10.1 Å². The number of sulfonamides is 2. The standard InChI is InChI=1S/C16H19ClN6O4S2/c1-9-14(10-2-3-10)16(22-5-4-11-6-12(17)7-20-15(11)22)23(21-9)13(29(19,26)27)8-28(18,24)25/h4-7,10,13H,2-3,8H2,1H3,(H2,18,24,25)(H2,19,26,27)/t13-/m0/s1. The lowest BCUT2D eigenvalue weighted by molar-refractivity contribution is 0.525. The fourth-order valence-corrected chi connectivity index (χ4v) is 5.97. The number of pyridine rings is 1. The number of aryl methyl sites for hydroxylation is 1. The zero-order valence-corrected chi connectivity index (χ0v) is 17.7. The molecule has 0 unspecified atom stereocenters. The zero-order chi connectivity index (χ0) is 21.1. The number of fused-ring (bicyclic) bond motifs is 1. The largest absolute Gasteiger partial charge is 0.285 e. The van der Waals surface area contributed by atoms with E-state index in [1.807, 2.05) is 0 Å². The van der Waals surface area contributed by atoms with Gasteiger partial charge >= 0.3 is 0 Å². The molecular formula is C16H19ClN6O4S2. The molecule has 1 aliphatic carbocycles. The van der Waals surface area contributed by atoms with Crippen molar-refractivity contribution in [3.63, 3.8) is 0 Å². The molecular weight excluding hydrogens is 440 g/mol. The first-order valence-corrected chi connectivity index (χ1v) is 12.4. The molecule has 3 aromatic heterocycles. The van der Waals surface area contributed by atoms with Crippen LogP contribution in [0.15, 0.2) is 24.5 Å². The number of aromatic nitrogens is 4. The molecule has 0 amide bonds. The molecule has 1 aliphatic rings. The third-order valence-electron chi connectivity index (χ3n) is 4.84. The van der Waals surface area contributed by atoms with E-state index in [0.717, 1.165) is 28.5 Å². The van der Waals surface area contributed by atoms with Crippen LogP contribution in [0.1, 0.15) is 35.4 Å². The highest BCUT2D eigenvalue weighted by atomic mass is 35.5. The second-order valence-corrected chi connectivity index (χ2v) is 11.0. The van der Waals surface area contributed by atoms with Gasteiger partial charge in [-0.3, -0.25) is 4.57 Å². The van der Waals surface area contributed by atoms with Crippen LogP contribution >= 0.6 is 11.6 Å². The van der Waals surface area contributed by atoms with Gasteiger partial charge in [0.25, 0.3) is 0 Å². The van der Waals surface area contributed by atoms with E-state index in [1.165, 1.54) is 6.20 Å². The van der Waals surface area contributed by atoms with Crippen molar-refractivity contribution >= 4 is 42.7 Å². The highest BCUT2D eigenvalue weighted by Crippen LogP contribution is 2.45. The molecule has 156 valence electrons. The normalized spacial score (nSPS) is 16.4. The van der Waals surface area contributed by atoms with Crippen molar-refractivity contribution in [2.45, 2.75) is 31.1 Å². The Kier molecular flexibility index (Phi) is 4.74. The Morgan fingerprint density at radius 1 is 1.28 bits per heavy atom. The first-order valence-electron chi connectivity index (χ1n) is 8.70. The number of hydrogen-bond acceptors (Lipinski definition) is 6. The van der Waals surface area contributed by atoms with E-state index < -0.39 is 31.2 Å². The summed E-state index contributed by atoms with van der Waals surface area (Å²) >= 11 is 6.02. The van der Waals surface area contributed by atoms with E-state index in [4.69, 9.17) is 21.9 Å². The molecule has 1 atom stereocenters. The lowest BCUT2D eigenvalue weighted by Gasteiger charge is -2.19. The minimum absolute atomic E-state index is 0.194. The quantitative estimate of drug-likeness (QED) is 0.563. The predicted molar refractivity (Wildman–Crippen MR) is 109 cm³/mol. The summed E-state index contributed by atoms with van der Waals surface area (Å²) in [4.78, 5) is 4.35. The third-order valence-corrected chi connectivity index (χ3v) is 7.16. The Morgan fingerprint density at radius 3 is 2.55 bits per heavy atom. The molecule has 10 nitrogen and oxygen atoms in total. The molecule has 4 N–H and O–H groups in total. The van der Waals surface area contributed by atoms with E-state index in [-0.39, 0.29) is 5.92 Å². The summed E-state index contributed by atoms with van der Waals surface area (Å²) in [6.07, 6.45) is 5.04. The average Bonchev–Trinajstić information content (AvgIpc) is 3.25. The van der Waals surface area contributed by atoms with Gasteiger partial charge in [0, 0.05) is 23.3 Å². The number of rotatable bonds is 6. The van der Waals surface area contributed by atoms with Crippen LogP contribution in [0.3, 0.4) is 0 Å². The molecule has 29 heavy (non-hydrogen) atoms. The average molecular weight is 459 g/mol. The molecule has 1 fully saturated rings. The molecule has 1 saturated carbocycles. The van der Waals surface area contributed by atoms with Crippen LogP contribution < -0.4 is 10.3 Å². The van der Waals surface area contributed by atoms with Crippen molar-refractivity contribution in [2.75, 3.05) is 5.75 Å². The van der Waals surface area contributed by atoms with Crippen LogP contribution in [0.5, 0.6) is 0 Å². The third kappa shape index (κ3) is 3.90. The van der Waals surface area contributed by atoms with Crippen LogP contribution in [-0.2, 0) is 20.0 Å². The van der Waals surface area contributed by atoms with E-state index >= 15 is 0 Å². The summed E-state index contributed by atoms with van der Waals surface area (Å²) in [5.41, 5.74) is 1.96. The van der Waals surface area contributed by atoms with Crippen LogP contribution in [0.25, 0.3) is 16.9 Å². The molecule has 3 heterocycles. The number of nitrogens with two attached hydrogens (primary N) is 2. The minimum Gasteiger partial charge on any atom is -0.285 e. The first-order chi connectivity index (χ1) is 13.5. The van der Waals surface area contributed by atoms with Gasteiger partial charge in [-0.1, -0.05) is 11.6 Å². The number of halogens is 1. The summed E-state index contributed by atoms with van der Waals surface area (Å²) < 4.78 is 50.9. The fourth-order valence-electron chi connectivity index (χ4n) is 3.51. The fraction of sp³-hybridized carbons (Fsp3) is 0.375. The maximum Gasteiger partial charge on any atom is 0.233 e. The van der Waals surface area contributed by atoms with Gasteiger partial charge in [0.2, 0.25) is 20.0 Å². The number of hydrogen-bond donors (Lipinski definition) is 2. The number of nitrogens with zero attached hydrogens (tertiary/aromatic N) is 4. The molecule has 0 bridgehead atoms. The predicted octanol–water partition coefficient (Wildman–Crippen LogP) is 1.14. The molecule has 0 saturated heterocycles. The van der Waals surface area contributed by atoms with Crippen LogP contribution in [0.2, 0.25) is 5.02 Å². The van der Waals surface area contributed by atoms with E-state index in [1.54, 1.807) is 29.8 Å². The summed E-state index contributed by atoms with van der Waals surface area (Å²) in [5.74, 6) is -0.292. The maximum absolute atomic E-state index is 12.3. The lowest BCUT2D eigenvalue weighted by atomic mass is 10.1. The van der Waals surface area contributed by atoms with Gasteiger partial charge in [-0.2, -0.15) is 5.10 Å². The van der Waals surface area contributed by atoms with Crippen molar-refractivity contribution in [2.24, 2.45) is 10.3 Å².